The number of esters is 1. The monoisotopic (exact) mass is 372 g/mol. The predicted molar refractivity (Wildman–Crippen MR) is 88.2 cm³/mol. The van der Waals surface area contributed by atoms with Gasteiger partial charge in [-0.3, -0.25) is 10.2 Å². The minimum atomic E-state index is -0.884. The van der Waals surface area contributed by atoms with E-state index in [1.54, 1.807) is 0 Å². The van der Waals surface area contributed by atoms with Gasteiger partial charge >= 0.3 is 12.0 Å². The van der Waals surface area contributed by atoms with E-state index in [0.717, 1.165) is 0 Å². The maximum atomic E-state index is 12.3. The average Bonchev–Trinajstić information content (AvgIpc) is 2.53. The van der Waals surface area contributed by atoms with Gasteiger partial charge in [0.25, 0.3) is 0 Å². The van der Waals surface area contributed by atoms with E-state index in [9.17, 15) is 14.4 Å². The molecule has 0 saturated carbocycles. The third-order valence-electron chi connectivity index (χ3n) is 3.26. The quantitative estimate of drug-likeness (QED) is 0.322. The smallest absolute Gasteiger partial charge is 0.350 e. The number of halogens is 2. The molecular weight excluding hydrogens is 359 g/mol. The van der Waals surface area contributed by atoms with E-state index < -0.39 is 12.0 Å². The van der Waals surface area contributed by atoms with E-state index in [2.05, 4.69) is 0 Å². The minimum Gasteiger partial charge on any atom is -0.427 e. The zero-order valence-electron chi connectivity index (χ0n) is 12.3. The second-order valence-corrected chi connectivity index (χ2v) is 5.68. The summed E-state index contributed by atoms with van der Waals surface area (Å²) in [4.78, 5) is 35.2. The molecule has 2 rings (SSSR count). The van der Waals surface area contributed by atoms with Crippen molar-refractivity contribution in [2.75, 3.05) is 5.01 Å². The highest BCUT2D eigenvalue weighted by Gasteiger charge is 2.24. The van der Waals surface area contributed by atoms with Crippen molar-refractivity contribution in [3.63, 3.8) is 0 Å². The number of amides is 2. The van der Waals surface area contributed by atoms with Crippen molar-refractivity contribution >= 4 is 46.7 Å². The van der Waals surface area contributed by atoms with E-state index in [1.807, 2.05) is 5.43 Å². The number of hydrazine groups is 2. The molecule has 0 bridgehead atoms. The fourth-order valence-electron chi connectivity index (χ4n) is 2.11. The van der Waals surface area contributed by atoms with Gasteiger partial charge < -0.3 is 4.74 Å². The van der Waals surface area contributed by atoms with Gasteiger partial charge in [-0.2, -0.15) is 0 Å². The Kier molecular flexibility index (Phi) is 5.79. The lowest BCUT2D eigenvalue weighted by Gasteiger charge is -2.20. The van der Waals surface area contributed by atoms with Crippen molar-refractivity contribution in [1.29, 1.82) is 0 Å². The first-order valence-electron chi connectivity index (χ1n) is 6.84. The van der Waals surface area contributed by atoms with E-state index in [-0.39, 0.29) is 32.8 Å². The number of anilines is 1. The highest BCUT2D eigenvalue weighted by molar-refractivity contribution is 6.41. The van der Waals surface area contributed by atoms with Gasteiger partial charge in [-0.05, 0) is 18.6 Å². The molecule has 0 unspecified atom stereocenters. The second kappa shape index (κ2) is 7.63. The molecule has 0 heterocycles. The van der Waals surface area contributed by atoms with Crippen LogP contribution in [-0.2, 0) is 9.53 Å². The second-order valence-electron chi connectivity index (χ2n) is 4.90. The Balaban J connectivity index is 2.32. The molecule has 0 radical (unpaired) electrons. The summed E-state index contributed by atoms with van der Waals surface area (Å²) in [7, 11) is 0. The molecule has 0 atom stereocenters. The van der Waals surface area contributed by atoms with Gasteiger partial charge in [0, 0.05) is 18.9 Å². The molecule has 1 aliphatic rings. The Hall–Kier alpha value is -2.13. The summed E-state index contributed by atoms with van der Waals surface area (Å²) < 4.78 is 5.18. The van der Waals surface area contributed by atoms with Gasteiger partial charge in [0.1, 0.15) is 11.4 Å². The first kappa shape index (κ1) is 18.2. The van der Waals surface area contributed by atoms with Crippen LogP contribution < -0.4 is 22.1 Å². The lowest BCUT2D eigenvalue weighted by molar-refractivity contribution is -0.115. The van der Waals surface area contributed by atoms with Crippen LogP contribution in [0, 0.1) is 0 Å². The zero-order chi connectivity index (χ0) is 17.9. The summed E-state index contributed by atoms with van der Waals surface area (Å²) in [6, 6.07) is 1.78. The van der Waals surface area contributed by atoms with E-state index in [1.165, 1.54) is 18.2 Å². The molecule has 0 aliphatic heterocycles. The number of nitrogens with one attached hydrogen (secondary N) is 1. The minimum absolute atomic E-state index is 0.0368. The Bertz CT molecular complexity index is 736. The van der Waals surface area contributed by atoms with Crippen molar-refractivity contribution < 1.29 is 19.1 Å². The first-order valence-corrected chi connectivity index (χ1v) is 7.59. The van der Waals surface area contributed by atoms with Gasteiger partial charge in [-0.25, -0.2) is 26.3 Å². The highest BCUT2D eigenvalue weighted by Crippen LogP contribution is 2.36. The molecule has 8 nitrogen and oxygen atoms in total. The Morgan fingerprint density at radius 1 is 1.25 bits per heavy atom. The number of ketones is 1. The van der Waals surface area contributed by atoms with Gasteiger partial charge in [0.2, 0.25) is 0 Å². The molecule has 10 heteroatoms. The van der Waals surface area contributed by atoms with Gasteiger partial charge in [-0.1, -0.05) is 23.2 Å². The molecule has 0 spiro atoms. The fourth-order valence-corrected chi connectivity index (χ4v) is 2.74. The summed E-state index contributed by atoms with van der Waals surface area (Å²) >= 11 is 12.1. The van der Waals surface area contributed by atoms with Crippen LogP contribution in [0.3, 0.4) is 0 Å². The molecule has 24 heavy (non-hydrogen) atoms. The van der Waals surface area contributed by atoms with E-state index in [4.69, 9.17) is 39.6 Å². The number of allylic oxidation sites excluding steroid dienone is 2. The van der Waals surface area contributed by atoms with Crippen LogP contribution in [0.4, 0.5) is 10.5 Å². The molecule has 1 aliphatic carbocycles. The van der Waals surface area contributed by atoms with Crippen LogP contribution in [0.15, 0.2) is 24.0 Å². The summed E-state index contributed by atoms with van der Waals surface area (Å²) in [5.41, 5.74) is 1.65. The number of ether oxygens (including phenoxy) is 1. The third kappa shape index (κ3) is 3.85. The van der Waals surface area contributed by atoms with Gasteiger partial charge in [0.05, 0.1) is 15.6 Å². The number of nitrogens with two attached hydrogens (primary N) is 2. The number of hydrogen-bond donors (Lipinski definition) is 3. The molecule has 1 aromatic rings. The summed E-state index contributed by atoms with van der Waals surface area (Å²) in [6.45, 7) is 0. The van der Waals surface area contributed by atoms with Crippen molar-refractivity contribution in [3.8, 4) is 0 Å². The SMILES string of the molecule is NNC(=O)N(N)c1c(Cl)ccc(C(=O)OC2=CC(=O)CCC2)c1Cl. The number of benzene rings is 1. The van der Waals surface area contributed by atoms with Crippen LogP contribution in [0.5, 0.6) is 0 Å². The Labute approximate surface area is 147 Å². The maximum Gasteiger partial charge on any atom is 0.350 e. The normalized spacial score (nSPS) is 14.0. The first-order chi connectivity index (χ1) is 11.3. The Morgan fingerprint density at radius 3 is 2.58 bits per heavy atom. The highest BCUT2D eigenvalue weighted by atomic mass is 35.5. The number of carbonyl (C=O) groups is 3. The van der Waals surface area contributed by atoms with Gasteiger partial charge in [-0.15, -0.1) is 0 Å². The summed E-state index contributed by atoms with van der Waals surface area (Å²) in [5, 5.41) is 0.432. The summed E-state index contributed by atoms with van der Waals surface area (Å²) in [6.07, 6.45) is 2.77. The van der Waals surface area contributed by atoms with Crippen molar-refractivity contribution in [3.05, 3.63) is 39.6 Å². The lowest BCUT2D eigenvalue weighted by Crippen LogP contribution is -2.48. The predicted octanol–water partition coefficient (Wildman–Crippen LogP) is 2.05. The average molecular weight is 373 g/mol. The van der Waals surface area contributed by atoms with Crippen molar-refractivity contribution in [2.24, 2.45) is 11.7 Å². The molecule has 1 aromatic carbocycles. The number of rotatable bonds is 3. The van der Waals surface area contributed by atoms with Crippen LogP contribution in [-0.4, -0.2) is 17.8 Å². The molecular formula is C14H14Cl2N4O4. The van der Waals surface area contributed by atoms with Crippen LogP contribution in [0.1, 0.15) is 29.6 Å². The fraction of sp³-hybridized carbons (Fsp3) is 0.214. The van der Waals surface area contributed by atoms with Crippen LogP contribution in [0.2, 0.25) is 10.0 Å². The Morgan fingerprint density at radius 2 is 1.96 bits per heavy atom. The van der Waals surface area contributed by atoms with Crippen molar-refractivity contribution in [2.45, 2.75) is 19.3 Å². The molecule has 5 N–H and O–H groups in total. The molecule has 0 saturated heterocycles. The standard InChI is InChI=1S/C14H14Cl2N4O4/c15-10-5-4-9(11(16)12(10)20(18)14(23)19-17)13(22)24-8-3-1-2-7(21)6-8/h4-6H,1-3,17-18H2,(H,19,23). The lowest BCUT2D eigenvalue weighted by atomic mass is 10.1. The maximum absolute atomic E-state index is 12.3. The van der Waals surface area contributed by atoms with Gasteiger partial charge in [0.15, 0.2) is 5.78 Å². The molecule has 2 amide bonds. The number of nitrogens with zero attached hydrogens (tertiary/aromatic N) is 1. The number of hydrogen-bond acceptors (Lipinski definition) is 6. The van der Waals surface area contributed by atoms with Crippen LogP contribution in [0.25, 0.3) is 0 Å². The van der Waals surface area contributed by atoms with E-state index >= 15 is 0 Å². The van der Waals surface area contributed by atoms with Crippen LogP contribution >= 0.6 is 23.2 Å². The largest absolute Gasteiger partial charge is 0.427 e. The molecule has 0 aromatic heterocycles. The number of carbonyl (C=O) groups excluding carboxylic acids is 3. The molecule has 0 fully saturated rings. The van der Waals surface area contributed by atoms with E-state index in [0.29, 0.717) is 24.3 Å². The topological polar surface area (TPSA) is 128 Å². The summed E-state index contributed by atoms with van der Waals surface area (Å²) in [5.74, 6) is 9.95. The third-order valence-corrected chi connectivity index (χ3v) is 3.95. The zero-order valence-corrected chi connectivity index (χ0v) is 13.9. The number of urea groups is 1. The van der Waals surface area contributed by atoms with Crippen molar-refractivity contribution in [1.82, 2.24) is 5.43 Å². The molecule has 128 valence electrons.